The molecular formula is C68H74O12. The second-order valence-corrected chi connectivity index (χ2v) is 21.2. The van der Waals surface area contributed by atoms with Crippen molar-refractivity contribution in [2.45, 2.75) is 147 Å². The average Bonchev–Trinajstić information content (AvgIpc) is 3.50. The third kappa shape index (κ3) is 18.6. The number of hydrogen-bond acceptors (Lipinski definition) is 12. The molecule has 0 unspecified atom stereocenters. The Morgan fingerprint density at radius 1 is 0.512 bits per heavy atom. The Labute approximate surface area is 472 Å². The largest absolute Gasteiger partial charge is 0.465 e. The maximum Gasteiger partial charge on any atom is 0.339 e. The molecule has 0 spiro atoms. The molecule has 4 aromatic rings. The van der Waals surface area contributed by atoms with Gasteiger partial charge in [0.25, 0.3) is 0 Å². The van der Waals surface area contributed by atoms with Crippen molar-refractivity contribution in [1.29, 1.82) is 0 Å². The molecule has 3 fully saturated rings. The summed E-state index contributed by atoms with van der Waals surface area (Å²) >= 11 is 0. The van der Waals surface area contributed by atoms with E-state index in [1.54, 1.807) is 24.3 Å². The van der Waals surface area contributed by atoms with E-state index in [-0.39, 0.29) is 53.5 Å². The molecule has 0 saturated heterocycles. The highest BCUT2D eigenvalue weighted by atomic mass is 16.6. The maximum absolute atomic E-state index is 14.0. The van der Waals surface area contributed by atoms with Gasteiger partial charge in [-0.2, -0.15) is 0 Å². The molecule has 0 aliphatic heterocycles. The van der Waals surface area contributed by atoms with Crippen molar-refractivity contribution < 1.29 is 57.2 Å². The monoisotopic (exact) mass is 1080 g/mol. The first-order chi connectivity index (χ1) is 38.9. The van der Waals surface area contributed by atoms with Gasteiger partial charge in [-0.15, -0.1) is 6.42 Å². The van der Waals surface area contributed by atoms with E-state index < -0.39 is 17.5 Å². The van der Waals surface area contributed by atoms with Gasteiger partial charge in [0.1, 0.15) is 11.5 Å². The zero-order chi connectivity index (χ0) is 56.5. The Kier molecular flexibility index (Phi) is 23.2. The molecule has 3 aliphatic rings. The van der Waals surface area contributed by atoms with E-state index in [0.717, 1.165) is 79.2 Å². The Bertz CT molecular complexity index is 2880. The molecule has 7 rings (SSSR count). The number of ether oxygens (including phenoxy) is 6. The van der Waals surface area contributed by atoms with Crippen LogP contribution in [0, 0.1) is 59.7 Å². The molecular weight excluding hydrogens is 1010 g/mol. The number of rotatable bonds is 22. The Morgan fingerprint density at radius 2 is 0.925 bits per heavy atom. The Balaban J connectivity index is 0.903. The summed E-state index contributed by atoms with van der Waals surface area (Å²) < 4.78 is 33.9. The van der Waals surface area contributed by atoms with Crippen molar-refractivity contribution in [3.63, 3.8) is 0 Å². The third-order valence-electron chi connectivity index (χ3n) is 15.4. The van der Waals surface area contributed by atoms with Gasteiger partial charge in [0.15, 0.2) is 5.60 Å². The molecule has 3 saturated carbocycles. The lowest BCUT2D eigenvalue weighted by molar-refractivity contribution is -0.152. The molecule has 0 heterocycles. The van der Waals surface area contributed by atoms with E-state index in [4.69, 9.17) is 34.8 Å². The summed E-state index contributed by atoms with van der Waals surface area (Å²) in [6.07, 6.45) is 20.8. The summed E-state index contributed by atoms with van der Waals surface area (Å²) in [5.41, 5.74) is 3.47. The highest BCUT2D eigenvalue weighted by Gasteiger charge is 2.39. The molecule has 12 heteroatoms. The number of carbonyl (C=O) groups excluding carboxylic acids is 6. The zero-order valence-electron chi connectivity index (χ0n) is 46.1. The number of benzene rings is 4. The number of carbonyl (C=O) groups is 6. The average molecular weight is 1080 g/mol. The van der Waals surface area contributed by atoms with E-state index in [2.05, 4.69) is 36.2 Å². The fourth-order valence-corrected chi connectivity index (χ4v) is 10.4. The number of hydrogen-bond donors (Lipinski definition) is 0. The minimum atomic E-state index is -1.10. The van der Waals surface area contributed by atoms with Gasteiger partial charge in [0.2, 0.25) is 0 Å². The molecule has 418 valence electrons. The van der Waals surface area contributed by atoms with Gasteiger partial charge in [-0.25, -0.2) is 9.59 Å². The summed E-state index contributed by atoms with van der Waals surface area (Å²) in [5, 5.41) is 0. The summed E-state index contributed by atoms with van der Waals surface area (Å²) in [4.78, 5) is 76.8. The summed E-state index contributed by atoms with van der Waals surface area (Å²) in [7, 11) is 0. The van der Waals surface area contributed by atoms with Gasteiger partial charge < -0.3 is 28.4 Å². The van der Waals surface area contributed by atoms with Crippen LogP contribution in [-0.4, -0.2) is 61.2 Å². The number of unbranched alkanes of at least 4 members (excludes halogenated alkanes) is 6. The first kappa shape index (κ1) is 59.8. The molecule has 0 aromatic heterocycles. The van der Waals surface area contributed by atoms with Crippen LogP contribution in [0.1, 0.15) is 179 Å². The second-order valence-electron chi connectivity index (χ2n) is 21.2. The van der Waals surface area contributed by atoms with E-state index >= 15 is 0 Å². The maximum atomic E-state index is 14.0. The van der Waals surface area contributed by atoms with Gasteiger partial charge in [0.05, 0.1) is 49.1 Å². The fourth-order valence-electron chi connectivity index (χ4n) is 10.4. The van der Waals surface area contributed by atoms with Gasteiger partial charge in [0, 0.05) is 28.3 Å². The normalized spacial score (nSPS) is 20.3. The van der Waals surface area contributed by atoms with Crippen molar-refractivity contribution in [3.8, 4) is 47.5 Å². The molecule has 0 N–H and O–H groups in total. The van der Waals surface area contributed by atoms with Crippen LogP contribution in [0.2, 0.25) is 0 Å². The summed E-state index contributed by atoms with van der Waals surface area (Å²) in [5.74, 6) is 13.5. The topological polar surface area (TPSA) is 158 Å². The number of terminal acetylenes is 1. The SMILES string of the molecule is C#Cc1ccc(C#Cc2ccc(C#CC3(OC(=O)c4ccc(OC(=O)C5CCC(C(=O)OCCCC)CC5)cc4)CCC(c4ccc(OC(=O)C5CCC(C(=O)OCCCCCCCCOC(=O)C=C)CC5)cc4)CC3)cc2)cc1. The Morgan fingerprint density at radius 3 is 1.39 bits per heavy atom. The van der Waals surface area contributed by atoms with Gasteiger partial charge in [-0.05, 0) is 199 Å². The van der Waals surface area contributed by atoms with Crippen molar-refractivity contribution in [2.75, 3.05) is 19.8 Å². The van der Waals surface area contributed by atoms with Crippen LogP contribution in [0.3, 0.4) is 0 Å². The lowest BCUT2D eigenvalue weighted by Crippen LogP contribution is -2.37. The van der Waals surface area contributed by atoms with Gasteiger partial charge >= 0.3 is 35.8 Å². The van der Waals surface area contributed by atoms with Crippen molar-refractivity contribution in [3.05, 3.63) is 143 Å². The summed E-state index contributed by atoms with van der Waals surface area (Å²) in [6.45, 7) is 6.64. The fraction of sp³-hybridized carbons (Fsp3) is 0.441. The molecule has 4 aromatic carbocycles. The quantitative estimate of drug-likeness (QED) is 0.0183. The second kappa shape index (κ2) is 31.1. The number of esters is 6. The standard InChI is InChI=1S/C68H74O12/c1-4-7-46-76-63(70)55-24-28-58(29-25-55)66(73)79-61-38-34-59(35-39-61)67(74)80-68(43-40-52-22-20-51(21-23-52)19-18-50-16-14-49(5-2)15-17-50)44-41-54(42-45-68)53-32-36-60(37-33-53)78-65(72)57-30-26-56(27-31-57)64(71)77-48-13-11-9-8-10-12-47-75-62(69)6-3/h2,6,14-17,20-23,32-39,54-58H,3-4,7-13,24-31,41-42,44-48H2,1H3. The molecule has 0 radical (unpaired) electrons. The zero-order valence-corrected chi connectivity index (χ0v) is 46.1. The third-order valence-corrected chi connectivity index (χ3v) is 15.4. The van der Waals surface area contributed by atoms with E-state index in [1.807, 2.05) is 79.7 Å². The van der Waals surface area contributed by atoms with Crippen LogP contribution in [0.5, 0.6) is 11.5 Å². The molecule has 12 nitrogen and oxygen atoms in total. The predicted octanol–water partition coefficient (Wildman–Crippen LogP) is 12.8. The van der Waals surface area contributed by atoms with E-state index in [9.17, 15) is 28.8 Å². The van der Waals surface area contributed by atoms with Gasteiger partial charge in [-0.1, -0.05) is 81.4 Å². The smallest absolute Gasteiger partial charge is 0.339 e. The van der Waals surface area contributed by atoms with E-state index in [0.29, 0.717) is 114 Å². The summed E-state index contributed by atoms with van der Waals surface area (Å²) in [6, 6.07) is 29.1. The predicted molar refractivity (Wildman–Crippen MR) is 304 cm³/mol. The van der Waals surface area contributed by atoms with E-state index in [1.165, 1.54) is 6.08 Å². The van der Waals surface area contributed by atoms with Crippen molar-refractivity contribution in [1.82, 2.24) is 0 Å². The highest BCUT2D eigenvalue weighted by Crippen LogP contribution is 2.41. The van der Waals surface area contributed by atoms with Crippen LogP contribution in [0.25, 0.3) is 0 Å². The van der Waals surface area contributed by atoms with Crippen LogP contribution < -0.4 is 9.47 Å². The Hall–Kier alpha value is -7.88. The first-order valence-electron chi connectivity index (χ1n) is 28.6. The minimum Gasteiger partial charge on any atom is -0.465 e. The molecule has 3 aliphatic carbocycles. The lowest BCUT2D eigenvalue weighted by atomic mass is 9.76. The highest BCUT2D eigenvalue weighted by molar-refractivity contribution is 5.90. The first-order valence-corrected chi connectivity index (χ1v) is 28.6. The van der Waals surface area contributed by atoms with Crippen molar-refractivity contribution >= 4 is 35.8 Å². The molecule has 80 heavy (non-hydrogen) atoms. The van der Waals surface area contributed by atoms with Crippen LogP contribution in [0.15, 0.2) is 110 Å². The van der Waals surface area contributed by atoms with Crippen molar-refractivity contribution in [2.24, 2.45) is 23.7 Å². The van der Waals surface area contributed by atoms with Crippen LogP contribution in [0.4, 0.5) is 0 Å². The molecule has 0 atom stereocenters. The molecule has 0 bridgehead atoms. The van der Waals surface area contributed by atoms with Crippen LogP contribution >= 0.6 is 0 Å². The molecule has 0 amide bonds. The lowest BCUT2D eigenvalue weighted by Gasteiger charge is -2.36. The minimum absolute atomic E-state index is 0.139. The van der Waals surface area contributed by atoms with Gasteiger partial charge in [-0.3, -0.25) is 19.2 Å². The van der Waals surface area contributed by atoms with Crippen LogP contribution in [-0.2, 0) is 42.9 Å².